The lowest BCUT2D eigenvalue weighted by Gasteiger charge is -2.21. The molecule has 138 valence electrons. The van der Waals surface area contributed by atoms with Gasteiger partial charge in [0.2, 0.25) is 0 Å². The molecule has 3 heterocycles. The second kappa shape index (κ2) is 7.32. The normalized spacial score (nSPS) is 11.9. The zero-order valence-electron chi connectivity index (χ0n) is 15.2. The lowest BCUT2D eigenvalue weighted by atomic mass is 9.98. The van der Waals surface area contributed by atoms with Crippen LogP contribution in [0.4, 0.5) is 11.6 Å². The Kier molecular flexibility index (Phi) is 4.56. The number of nitrogen functional groups attached to an aromatic ring is 1. The van der Waals surface area contributed by atoms with Crippen LogP contribution in [0.2, 0.25) is 0 Å². The fourth-order valence-corrected chi connectivity index (χ4v) is 3.14. The SMILES string of the molecule is CC[C@H](Nc1ncnc(N)c1C#N)c1cc2nccn2nc1-c1ccccc1. The van der Waals surface area contributed by atoms with Crippen molar-refractivity contribution >= 4 is 17.3 Å². The van der Waals surface area contributed by atoms with Crippen molar-refractivity contribution < 1.29 is 0 Å². The largest absolute Gasteiger partial charge is 0.382 e. The number of rotatable bonds is 5. The highest BCUT2D eigenvalue weighted by Crippen LogP contribution is 2.32. The van der Waals surface area contributed by atoms with E-state index < -0.39 is 0 Å². The van der Waals surface area contributed by atoms with Gasteiger partial charge in [0.15, 0.2) is 5.65 Å². The fourth-order valence-electron chi connectivity index (χ4n) is 3.14. The van der Waals surface area contributed by atoms with Gasteiger partial charge in [-0.25, -0.2) is 19.5 Å². The van der Waals surface area contributed by atoms with Crippen LogP contribution in [0.5, 0.6) is 0 Å². The number of hydrogen-bond donors (Lipinski definition) is 2. The summed E-state index contributed by atoms with van der Waals surface area (Å²) < 4.78 is 1.75. The summed E-state index contributed by atoms with van der Waals surface area (Å²) in [4.78, 5) is 12.5. The van der Waals surface area contributed by atoms with E-state index in [9.17, 15) is 5.26 Å². The average Bonchev–Trinajstić information content (AvgIpc) is 3.19. The van der Waals surface area contributed by atoms with Crippen LogP contribution in [0, 0.1) is 11.3 Å². The second-order valence-electron chi connectivity index (χ2n) is 6.24. The molecule has 0 aliphatic rings. The molecule has 1 aromatic carbocycles. The van der Waals surface area contributed by atoms with E-state index in [2.05, 4.69) is 33.3 Å². The van der Waals surface area contributed by atoms with Crippen LogP contribution in [-0.4, -0.2) is 24.6 Å². The highest BCUT2D eigenvalue weighted by molar-refractivity contribution is 5.68. The summed E-state index contributed by atoms with van der Waals surface area (Å²) in [7, 11) is 0. The molecule has 8 nitrogen and oxygen atoms in total. The maximum atomic E-state index is 9.43. The van der Waals surface area contributed by atoms with Gasteiger partial charge in [-0.3, -0.25) is 0 Å². The first-order chi connectivity index (χ1) is 13.7. The van der Waals surface area contributed by atoms with Gasteiger partial charge in [-0.05, 0) is 12.5 Å². The van der Waals surface area contributed by atoms with Gasteiger partial charge in [0.1, 0.15) is 29.6 Å². The third-order valence-corrected chi connectivity index (χ3v) is 4.55. The minimum Gasteiger partial charge on any atom is -0.382 e. The van der Waals surface area contributed by atoms with Crippen LogP contribution in [0.25, 0.3) is 16.9 Å². The number of anilines is 2. The third kappa shape index (κ3) is 3.10. The van der Waals surface area contributed by atoms with Gasteiger partial charge in [-0.2, -0.15) is 10.4 Å². The monoisotopic (exact) mass is 370 g/mol. The van der Waals surface area contributed by atoms with E-state index in [0.717, 1.165) is 28.9 Å². The first-order valence-electron chi connectivity index (χ1n) is 8.88. The van der Waals surface area contributed by atoms with E-state index in [1.165, 1.54) is 6.33 Å². The van der Waals surface area contributed by atoms with E-state index in [4.69, 9.17) is 10.8 Å². The zero-order valence-corrected chi connectivity index (χ0v) is 15.2. The van der Waals surface area contributed by atoms with Crippen molar-refractivity contribution in [3.8, 4) is 17.3 Å². The number of nitrogens with zero attached hydrogens (tertiary/aromatic N) is 6. The molecule has 0 saturated heterocycles. The molecule has 4 aromatic rings. The van der Waals surface area contributed by atoms with Crippen molar-refractivity contribution in [3.63, 3.8) is 0 Å². The average molecular weight is 370 g/mol. The Morgan fingerprint density at radius 1 is 1.21 bits per heavy atom. The molecule has 0 unspecified atom stereocenters. The molecular formula is C20H18N8. The fraction of sp³-hybridized carbons (Fsp3) is 0.150. The van der Waals surface area contributed by atoms with E-state index in [1.807, 2.05) is 42.6 Å². The summed E-state index contributed by atoms with van der Waals surface area (Å²) in [6, 6.07) is 13.9. The van der Waals surface area contributed by atoms with Gasteiger partial charge in [0.25, 0.3) is 0 Å². The Hall–Kier alpha value is -3.99. The van der Waals surface area contributed by atoms with Crippen molar-refractivity contribution in [2.45, 2.75) is 19.4 Å². The van der Waals surface area contributed by atoms with Gasteiger partial charge in [0.05, 0.1) is 11.7 Å². The molecule has 0 radical (unpaired) electrons. The highest BCUT2D eigenvalue weighted by atomic mass is 15.2. The lowest BCUT2D eigenvalue weighted by molar-refractivity contribution is 0.734. The van der Waals surface area contributed by atoms with Gasteiger partial charge in [-0.1, -0.05) is 37.3 Å². The number of benzene rings is 1. The molecule has 8 heteroatoms. The van der Waals surface area contributed by atoms with Crippen LogP contribution in [0.3, 0.4) is 0 Å². The number of imidazole rings is 1. The van der Waals surface area contributed by atoms with E-state index >= 15 is 0 Å². The first-order valence-corrected chi connectivity index (χ1v) is 8.88. The predicted molar refractivity (Wildman–Crippen MR) is 106 cm³/mol. The molecule has 0 amide bonds. The molecule has 0 spiro atoms. The number of hydrogen-bond acceptors (Lipinski definition) is 7. The Balaban J connectivity index is 1.84. The van der Waals surface area contributed by atoms with Gasteiger partial charge in [-0.15, -0.1) is 0 Å². The summed E-state index contributed by atoms with van der Waals surface area (Å²) in [6.07, 6.45) is 5.62. The number of nitriles is 1. The summed E-state index contributed by atoms with van der Waals surface area (Å²) in [6.45, 7) is 2.05. The maximum absolute atomic E-state index is 9.43. The van der Waals surface area contributed by atoms with Crippen molar-refractivity contribution in [3.05, 3.63) is 66.2 Å². The van der Waals surface area contributed by atoms with E-state index in [0.29, 0.717) is 5.82 Å². The summed E-state index contributed by atoms with van der Waals surface area (Å²) in [5.74, 6) is 0.559. The van der Waals surface area contributed by atoms with E-state index in [1.54, 1.807) is 10.7 Å². The molecule has 3 aromatic heterocycles. The van der Waals surface area contributed by atoms with Gasteiger partial charge in [0, 0.05) is 23.5 Å². The molecular weight excluding hydrogens is 352 g/mol. The standard InChI is InChI=1S/C20H18N8/c1-2-16(26-20-15(11-21)19(22)24-12-25-20)14-10-17-23-8-9-28(17)27-18(14)13-6-4-3-5-7-13/h3-10,12,16H,2H2,1H3,(H3,22,24,25,26)/t16-/m0/s1. The Morgan fingerprint density at radius 2 is 2.04 bits per heavy atom. The Morgan fingerprint density at radius 3 is 2.79 bits per heavy atom. The molecule has 0 fully saturated rings. The zero-order chi connectivity index (χ0) is 19.5. The smallest absolute Gasteiger partial charge is 0.153 e. The number of fused-ring (bicyclic) bond motifs is 1. The molecule has 0 aliphatic carbocycles. The highest BCUT2D eigenvalue weighted by Gasteiger charge is 2.20. The second-order valence-corrected chi connectivity index (χ2v) is 6.24. The minimum atomic E-state index is -0.147. The summed E-state index contributed by atoms with van der Waals surface area (Å²) >= 11 is 0. The topological polar surface area (TPSA) is 118 Å². The summed E-state index contributed by atoms with van der Waals surface area (Å²) in [5, 5.41) is 17.5. The van der Waals surface area contributed by atoms with Crippen molar-refractivity contribution in [2.75, 3.05) is 11.1 Å². The van der Waals surface area contributed by atoms with Crippen LogP contribution >= 0.6 is 0 Å². The number of aromatic nitrogens is 5. The lowest BCUT2D eigenvalue weighted by Crippen LogP contribution is -2.15. The quantitative estimate of drug-likeness (QED) is 0.554. The van der Waals surface area contributed by atoms with Crippen LogP contribution in [0.1, 0.15) is 30.5 Å². The van der Waals surface area contributed by atoms with Crippen LogP contribution < -0.4 is 11.1 Å². The molecule has 4 rings (SSSR count). The number of nitrogens with two attached hydrogens (primary N) is 1. The Labute approximate surface area is 161 Å². The first kappa shape index (κ1) is 17.4. The minimum absolute atomic E-state index is 0.147. The van der Waals surface area contributed by atoms with Crippen LogP contribution in [-0.2, 0) is 0 Å². The van der Waals surface area contributed by atoms with Crippen molar-refractivity contribution in [1.82, 2.24) is 24.6 Å². The van der Waals surface area contributed by atoms with Crippen LogP contribution in [0.15, 0.2) is 55.1 Å². The molecule has 1 atom stereocenters. The third-order valence-electron chi connectivity index (χ3n) is 4.55. The molecule has 0 bridgehead atoms. The van der Waals surface area contributed by atoms with Crippen molar-refractivity contribution in [1.29, 1.82) is 5.26 Å². The Bertz CT molecular complexity index is 1160. The molecule has 0 aliphatic heterocycles. The summed E-state index contributed by atoms with van der Waals surface area (Å²) in [5.41, 5.74) is 9.61. The van der Waals surface area contributed by atoms with Gasteiger partial charge < -0.3 is 11.1 Å². The maximum Gasteiger partial charge on any atom is 0.153 e. The van der Waals surface area contributed by atoms with E-state index in [-0.39, 0.29) is 17.4 Å². The van der Waals surface area contributed by atoms with Crippen molar-refractivity contribution in [2.24, 2.45) is 0 Å². The number of nitrogens with one attached hydrogen (secondary N) is 1. The molecule has 3 N–H and O–H groups in total. The van der Waals surface area contributed by atoms with Gasteiger partial charge >= 0.3 is 0 Å². The predicted octanol–water partition coefficient (Wildman–Crippen LogP) is 3.20. The molecule has 0 saturated carbocycles. The molecule has 28 heavy (non-hydrogen) atoms.